The van der Waals surface area contributed by atoms with Crippen LogP contribution in [0.5, 0.6) is 0 Å². The van der Waals surface area contributed by atoms with Gasteiger partial charge >= 0.3 is 0 Å². The van der Waals surface area contributed by atoms with E-state index in [0.717, 1.165) is 70.1 Å². The minimum atomic E-state index is 0.265. The van der Waals surface area contributed by atoms with Gasteiger partial charge in [-0.2, -0.15) is 0 Å². The van der Waals surface area contributed by atoms with Crippen LogP contribution in [-0.2, 0) is 16.1 Å². The first-order valence-corrected chi connectivity index (χ1v) is 9.74. The maximum atomic E-state index is 12.4. The van der Waals surface area contributed by atoms with Gasteiger partial charge in [0.25, 0.3) is 0 Å². The van der Waals surface area contributed by atoms with Gasteiger partial charge in [-0.3, -0.25) is 9.69 Å². The second-order valence-electron chi connectivity index (χ2n) is 8.20. The molecule has 0 bridgehead atoms. The van der Waals surface area contributed by atoms with Gasteiger partial charge in [0, 0.05) is 38.0 Å². The number of likely N-dealkylation sites (tertiary alicyclic amines) is 2. The van der Waals surface area contributed by atoms with Crippen LogP contribution in [0.25, 0.3) is 0 Å². The number of imidazole rings is 1. The van der Waals surface area contributed by atoms with Gasteiger partial charge in [-0.15, -0.1) is 0 Å². The van der Waals surface area contributed by atoms with Crippen LogP contribution in [0.3, 0.4) is 0 Å². The Morgan fingerprint density at radius 2 is 2.20 bits per heavy atom. The molecular weight excluding hydrogens is 316 g/mol. The fourth-order valence-corrected chi connectivity index (χ4v) is 4.66. The van der Waals surface area contributed by atoms with E-state index in [1.807, 2.05) is 13.1 Å². The molecule has 3 fully saturated rings. The number of aryl methyl sites for hydroxylation is 1. The van der Waals surface area contributed by atoms with Crippen molar-refractivity contribution in [3.05, 3.63) is 17.7 Å². The maximum Gasteiger partial charge on any atom is 0.222 e. The molecule has 3 aliphatic heterocycles. The highest BCUT2D eigenvalue weighted by atomic mass is 16.5. The standard InChI is InChI=1S/C19H30N4O2/c1-15-11-20-17(21-15)13-22-8-6-19(7-9-22)5-4-18(24)23(14-19)12-16-3-2-10-25-16/h11,16H,2-10,12-14H2,1H3,(H,20,21)/t16-/m0/s1. The lowest BCUT2D eigenvalue weighted by molar-refractivity contribution is -0.141. The summed E-state index contributed by atoms with van der Waals surface area (Å²) in [6.07, 6.45) is 8.54. The average Bonchev–Trinajstić information content (AvgIpc) is 3.25. The smallest absolute Gasteiger partial charge is 0.222 e. The number of carbonyl (C=O) groups is 1. The van der Waals surface area contributed by atoms with Crippen molar-refractivity contribution < 1.29 is 9.53 Å². The minimum absolute atomic E-state index is 0.265. The summed E-state index contributed by atoms with van der Waals surface area (Å²) in [7, 11) is 0. The Labute approximate surface area is 149 Å². The predicted octanol–water partition coefficient (Wildman–Crippen LogP) is 2.10. The predicted molar refractivity (Wildman–Crippen MR) is 95.1 cm³/mol. The zero-order valence-electron chi connectivity index (χ0n) is 15.3. The van der Waals surface area contributed by atoms with Crippen molar-refractivity contribution in [3.63, 3.8) is 0 Å². The summed E-state index contributed by atoms with van der Waals surface area (Å²) in [5.41, 5.74) is 1.45. The van der Waals surface area contributed by atoms with Gasteiger partial charge in [0.1, 0.15) is 5.82 Å². The number of hydrogen-bond donors (Lipinski definition) is 1. The Bertz CT molecular complexity index is 600. The molecule has 0 radical (unpaired) electrons. The second-order valence-corrected chi connectivity index (χ2v) is 8.20. The van der Waals surface area contributed by atoms with Crippen molar-refractivity contribution in [2.24, 2.45) is 5.41 Å². The Kier molecular flexibility index (Phi) is 4.82. The van der Waals surface area contributed by atoms with Crippen LogP contribution in [0.2, 0.25) is 0 Å². The molecule has 3 aliphatic rings. The van der Waals surface area contributed by atoms with Gasteiger partial charge in [0.05, 0.1) is 12.6 Å². The first-order valence-electron chi connectivity index (χ1n) is 9.74. The Morgan fingerprint density at radius 1 is 1.36 bits per heavy atom. The number of piperidine rings is 2. The molecule has 6 nitrogen and oxygen atoms in total. The van der Waals surface area contributed by atoms with Crippen molar-refractivity contribution in [2.45, 2.75) is 58.1 Å². The lowest BCUT2D eigenvalue weighted by Gasteiger charge is -2.47. The number of H-pyrrole nitrogens is 1. The third-order valence-electron chi connectivity index (χ3n) is 6.24. The van der Waals surface area contributed by atoms with E-state index in [9.17, 15) is 4.79 Å². The van der Waals surface area contributed by atoms with Crippen molar-refractivity contribution in [1.82, 2.24) is 19.8 Å². The number of ether oxygens (including phenoxy) is 1. The van der Waals surface area contributed by atoms with Crippen LogP contribution < -0.4 is 0 Å². The fourth-order valence-electron chi connectivity index (χ4n) is 4.66. The highest BCUT2D eigenvalue weighted by Crippen LogP contribution is 2.40. The van der Waals surface area contributed by atoms with Crippen molar-refractivity contribution in [2.75, 3.05) is 32.8 Å². The SMILES string of the molecule is Cc1cnc(CN2CCC3(CCC(=O)N(C[C@@H]4CCCO4)C3)CC2)[nH]1. The molecule has 1 spiro atoms. The molecule has 1 aromatic heterocycles. The monoisotopic (exact) mass is 346 g/mol. The highest BCUT2D eigenvalue weighted by molar-refractivity contribution is 5.77. The zero-order valence-corrected chi connectivity index (χ0v) is 15.3. The van der Waals surface area contributed by atoms with E-state index in [0.29, 0.717) is 17.7 Å². The molecule has 0 aromatic carbocycles. The summed E-state index contributed by atoms with van der Waals surface area (Å²) in [6.45, 7) is 7.74. The van der Waals surface area contributed by atoms with Crippen molar-refractivity contribution in [3.8, 4) is 0 Å². The Morgan fingerprint density at radius 3 is 2.88 bits per heavy atom. The quantitative estimate of drug-likeness (QED) is 0.907. The number of hydrogen-bond acceptors (Lipinski definition) is 4. The number of nitrogens with zero attached hydrogens (tertiary/aromatic N) is 3. The van der Waals surface area contributed by atoms with Crippen LogP contribution in [0.1, 0.15) is 50.0 Å². The Hall–Kier alpha value is -1.40. The van der Waals surface area contributed by atoms with Gasteiger partial charge in [-0.1, -0.05) is 0 Å². The average molecular weight is 346 g/mol. The van der Waals surface area contributed by atoms with E-state index in [4.69, 9.17) is 4.74 Å². The molecule has 3 saturated heterocycles. The first-order chi connectivity index (χ1) is 12.1. The highest BCUT2D eigenvalue weighted by Gasteiger charge is 2.41. The van der Waals surface area contributed by atoms with Crippen LogP contribution >= 0.6 is 0 Å². The molecule has 1 aromatic rings. The van der Waals surface area contributed by atoms with Crippen LogP contribution in [0.4, 0.5) is 0 Å². The van der Waals surface area contributed by atoms with E-state index >= 15 is 0 Å². The van der Waals surface area contributed by atoms with Gasteiger partial charge in [0.2, 0.25) is 5.91 Å². The fraction of sp³-hybridized carbons (Fsp3) is 0.789. The first kappa shape index (κ1) is 17.0. The van der Waals surface area contributed by atoms with Crippen molar-refractivity contribution in [1.29, 1.82) is 0 Å². The largest absolute Gasteiger partial charge is 0.376 e. The molecule has 0 aliphatic carbocycles. The third kappa shape index (κ3) is 3.90. The molecule has 0 saturated carbocycles. The molecular formula is C19H30N4O2. The van der Waals surface area contributed by atoms with Crippen LogP contribution in [0.15, 0.2) is 6.20 Å². The third-order valence-corrected chi connectivity index (χ3v) is 6.24. The summed E-state index contributed by atoms with van der Waals surface area (Å²) in [4.78, 5) is 24.7. The van der Waals surface area contributed by atoms with Gasteiger partial charge in [-0.25, -0.2) is 4.98 Å². The Balaban J connectivity index is 1.32. The topological polar surface area (TPSA) is 61.5 Å². The summed E-state index contributed by atoms with van der Waals surface area (Å²) in [5, 5.41) is 0. The number of rotatable bonds is 4. The van der Waals surface area contributed by atoms with E-state index < -0.39 is 0 Å². The molecule has 4 heterocycles. The molecule has 1 amide bonds. The molecule has 138 valence electrons. The maximum absolute atomic E-state index is 12.4. The normalized spacial score (nSPS) is 27.3. The molecule has 25 heavy (non-hydrogen) atoms. The van der Waals surface area contributed by atoms with Gasteiger partial charge < -0.3 is 14.6 Å². The molecule has 1 N–H and O–H groups in total. The van der Waals surface area contributed by atoms with E-state index in [-0.39, 0.29) is 6.10 Å². The van der Waals surface area contributed by atoms with Gasteiger partial charge in [0.15, 0.2) is 0 Å². The van der Waals surface area contributed by atoms with Gasteiger partial charge in [-0.05, 0) is 57.5 Å². The number of amides is 1. The number of aromatic nitrogens is 2. The van der Waals surface area contributed by atoms with E-state index in [2.05, 4.69) is 19.8 Å². The molecule has 6 heteroatoms. The number of nitrogens with one attached hydrogen (secondary N) is 1. The number of carbonyl (C=O) groups excluding carboxylic acids is 1. The van der Waals surface area contributed by atoms with Crippen molar-refractivity contribution >= 4 is 5.91 Å². The molecule has 4 rings (SSSR count). The summed E-state index contributed by atoms with van der Waals surface area (Å²) < 4.78 is 5.75. The van der Waals surface area contributed by atoms with E-state index in [1.165, 1.54) is 12.8 Å². The summed E-state index contributed by atoms with van der Waals surface area (Å²) in [6, 6.07) is 0. The lowest BCUT2D eigenvalue weighted by atomic mass is 9.72. The zero-order chi connectivity index (χ0) is 17.3. The summed E-state index contributed by atoms with van der Waals surface area (Å²) >= 11 is 0. The summed E-state index contributed by atoms with van der Waals surface area (Å²) in [5.74, 6) is 1.39. The molecule has 1 atom stereocenters. The van der Waals surface area contributed by atoms with E-state index in [1.54, 1.807) is 0 Å². The molecule has 0 unspecified atom stereocenters. The second kappa shape index (κ2) is 7.08. The lowest BCUT2D eigenvalue weighted by Crippen LogP contribution is -2.52. The van der Waals surface area contributed by atoms with Crippen LogP contribution in [0, 0.1) is 12.3 Å². The van der Waals surface area contributed by atoms with Crippen LogP contribution in [-0.4, -0.2) is 64.6 Å². The number of aromatic amines is 1. The minimum Gasteiger partial charge on any atom is -0.376 e.